The molecular weight excluding hydrogens is 257 g/mol. The molecule has 0 aromatic heterocycles. The fourth-order valence-corrected chi connectivity index (χ4v) is 2.42. The monoisotopic (exact) mass is 279 g/mol. The predicted molar refractivity (Wildman–Crippen MR) is 78.3 cm³/mol. The minimum absolute atomic E-state index is 0.0986. The van der Waals surface area contributed by atoms with Crippen molar-refractivity contribution in [2.24, 2.45) is 5.92 Å². The number of rotatable bonds is 4. The number of benzene rings is 1. The highest BCUT2D eigenvalue weighted by atomic mass is 19.1. The first-order valence-corrected chi connectivity index (χ1v) is 7.21. The highest BCUT2D eigenvalue weighted by molar-refractivity contribution is 5.89. The third-order valence-corrected chi connectivity index (χ3v) is 3.68. The summed E-state index contributed by atoms with van der Waals surface area (Å²) >= 11 is 0. The lowest BCUT2D eigenvalue weighted by atomic mass is 9.97. The van der Waals surface area contributed by atoms with Crippen molar-refractivity contribution in [3.8, 4) is 0 Å². The Morgan fingerprint density at radius 2 is 1.95 bits per heavy atom. The number of nitrogens with zero attached hydrogens (tertiary/aromatic N) is 1. The van der Waals surface area contributed by atoms with E-state index in [1.54, 1.807) is 12.1 Å². The second-order valence-electron chi connectivity index (χ2n) is 5.18. The zero-order valence-electron chi connectivity index (χ0n) is 11.9. The van der Waals surface area contributed by atoms with Crippen molar-refractivity contribution in [1.82, 2.24) is 10.2 Å². The van der Waals surface area contributed by atoms with E-state index >= 15 is 0 Å². The number of halogens is 1. The van der Waals surface area contributed by atoms with E-state index in [0.717, 1.165) is 39.0 Å². The van der Waals surface area contributed by atoms with E-state index in [-0.39, 0.29) is 11.8 Å². The van der Waals surface area contributed by atoms with E-state index in [1.807, 2.05) is 4.90 Å². The number of carbonyl (C=O) groups is 1. The summed E-state index contributed by atoms with van der Waals surface area (Å²) in [5.41, 5.74) is 0.631. The largest absolute Gasteiger partial charge is 0.325 e. The number of piperidine rings is 1. The van der Waals surface area contributed by atoms with Gasteiger partial charge in [-0.15, -0.1) is 0 Å². The number of hydrogen-bond acceptors (Lipinski definition) is 2. The van der Waals surface area contributed by atoms with Gasteiger partial charge in [0.05, 0.1) is 0 Å². The molecule has 1 aliphatic rings. The summed E-state index contributed by atoms with van der Waals surface area (Å²) in [6, 6.07) is 5.74. The lowest BCUT2D eigenvalue weighted by molar-refractivity contribution is 0.182. The molecule has 2 amide bonds. The molecule has 2 N–H and O–H groups in total. The number of anilines is 1. The zero-order chi connectivity index (χ0) is 14.4. The Kier molecular flexibility index (Phi) is 5.35. The smallest absolute Gasteiger partial charge is 0.321 e. The van der Waals surface area contributed by atoms with Gasteiger partial charge in [-0.1, -0.05) is 6.92 Å². The molecule has 0 atom stereocenters. The van der Waals surface area contributed by atoms with E-state index in [0.29, 0.717) is 11.6 Å². The Hall–Kier alpha value is -1.62. The van der Waals surface area contributed by atoms with Gasteiger partial charge in [0.2, 0.25) is 0 Å². The Morgan fingerprint density at radius 1 is 1.30 bits per heavy atom. The molecule has 1 saturated heterocycles. The second-order valence-corrected chi connectivity index (χ2v) is 5.18. The summed E-state index contributed by atoms with van der Waals surface area (Å²) in [6.45, 7) is 5.69. The van der Waals surface area contributed by atoms with E-state index < -0.39 is 0 Å². The Balaban J connectivity index is 1.78. The maximum atomic E-state index is 12.8. The molecule has 2 rings (SSSR count). The second kappa shape index (κ2) is 7.24. The number of hydrogen-bond donors (Lipinski definition) is 2. The van der Waals surface area contributed by atoms with Gasteiger partial charge in [0.15, 0.2) is 0 Å². The van der Waals surface area contributed by atoms with Crippen molar-refractivity contribution in [3.63, 3.8) is 0 Å². The maximum absolute atomic E-state index is 12.8. The first-order valence-electron chi connectivity index (χ1n) is 7.21. The van der Waals surface area contributed by atoms with Crippen LogP contribution in [0.4, 0.5) is 14.9 Å². The molecule has 1 fully saturated rings. The highest BCUT2D eigenvalue weighted by Gasteiger charge is 2.22. The van der Waals surface area contributed by atoms with Gasteiger partial charge in [-0.25, -0.2) is 9.18 Å². The molecule has 1 heterocycles. The van der Waals surface area contributed by atoms with E-state index in [9.17, 15) is 9.18 Å². The van der Waals surface area contributed by atoms with Gasteiger partial charge in [-0.3, -0.25) is 0 Å². The molecule has 5 heteroatoms. The van der Waals surface area contributed by atoms with Crippen LogP contribution in [0.25, 0.3) is 0 Å². The first kappa shape index (κ1) is 14.8. The topological polar surface area (TPSA) is 44.4 Å². The number of likely N-dealkylation sites (tertiary alicyclic amines) is 1. The van der Waals surface area contributed by atoms with E-state index in [2.05, 4.69) is 17.6 Å². The van der Waals surface area contributed by atoms with Crippen molar-refractivity contribution >= 4 is 11.7 Å². The standard InChI is InChI=1S/C15H22FN3O/c1-2-17-11-12-7-9-19(10-8-12)15(20)18-14-5-3-13(16)4-6-14/h3-6,12,17H,2,7-11H2,1H3,(H,18,20). The lowest BCUT2D eigenvalue weighted by Crippen LogP contribution is -2.42. The van der Waals surface area contributed by atoms with Crippen LogP contribution in [0, 0.1) is 11.7 Å². The van der Waals surface area contributed by atoms with Gasteiger partial charge < -0.3 is 15.5 Å². The van der Waals surface area contributed by atoms with Crippen LogP contribution in [0.2, 0.25) is 0 Å². The summed E-state index contributed by atoms with van der Waals surface area (Å²) < 4.78 is 12.8. The summed E-state index contributed by atoms with van der Waals surface area (Å²) in [4.78, 5) is 13.9. The summed E-state index contributed by atoms with van der Waals surface area (Å²) in [7, 11) is 0. The van der Waals surface area contributed by atoms with Crippen molar-refractivity contribution < 1.29 is 9.18 Å². The molecule has 110 valence electrons. The highest BCUT2D eigenvalue weighted by Crippen LogP contribution is 2.17. The number of carbonyl (C=O) groups excluding carboxylic acids is 1. The average molecular weight is 279 g/mol. The maximum Gasteiger partial charge on any atom is 0.321 e. The minimum Gasteiger partial charge on any atom is -0.325 e. The first-order chi connectivity index (χ1) is 9.69. The molecule has 0 radical (unpaired) electrons. The van der Waals surface area contributed by atoms with Gasteiger partial charge in [-0.05, 0) is 56.1 Å². The van der Waals surface area contributed by atoms with E-state index in [4.69, 9.17) is 0 Å². The van der Waals surface area contributed by atoms with Crippen molar-refractivity contribution in [3.05, 3.63) is 30.1 Å². The molecule has 4 nitrogen and oxygen atoms in total. The number of urea groups is 1. The molecule has 1 aromatic carbocycles. The summed E-state index contributed by atoms with van der Waals surface area (Å²) in [5, 5.41) is 6.15. The fourth-order valence-electron chi connectivity index (χ4n) is 2.42. The van der Waals surface area contributed by atoms with Crippen LogP contribution in [0.5, 0.6) is 0 Å². The van der Waals surface area contributed by atoms with Crippen LogP contribution in [0.15, 0.2) is 24.3 Å². The molecule has 0 spiro atoms. The van der Waals surface area contributed by atoms with Crippen LogP contribution in [-0.2, 0) is 0 Å². The van der Waals surface area contributed by atoms with Crippen LogP contribution >= 0.6 is 0 Å². The van der Waals surface area contributed by atoms with Crippen molar-refractivity contribution in [2.75, 3.05) is 31.5 Å². The quantitative estimate of drug-likeness (QED) is 0.890. The molecule has 0 aliphatic carbocycles. The van der Waals surface area contributed by atoms with Gasteiger partial charge in [0.25, 0.3) is 0 Å². The third kappa shape index (κ3) is 4.20. The molecule has 1 aromatic rings. The van der Waals surface area contributed by atoms with Crippen LogP contribution in [0.1, 0.15) is 19.8 Å². The Labute approximate surface area is 119 Å². The summed E-state index contributed by atoms with van der Waals surface area (Å²) in [6.07, 6.45) is 2.06. The SMILES string of the molecule is CCNCC1CCN(C(=O)Nc2ccc(F)cc2)CC1. The third-order valence-electron chi connectivity index (χ3n) is 3.68. The van der Waals surface area contributed by atoms with Crippen LogP contribution in [-0.4, -0.2) is 37.1 Å². The molecule has 20 heavy (non-hydrogen) atoms. The van der Waals surface area contributed by atoms with Gasteiger partial charge in [0, 0.05) is 18.8 Å². The van der Waals surface area contributed by atoms with Crippen LogP contribution < -0.4 is 10.6 Å². The molecule has 0 saturated carbocycles. The minimum atomic E-state index is -0.299. The molecule has 0 unspecified atom stereocenters. The molecular formula is C15H22FN3O. The summed E-state index contributed by atoms with van der Waals surface area (Å²) in [5.74, 6) is 0.358. The van der Waals surface area contributed by atoms with Crippen LogP contribution in [0.3, 0.4) is 0 Å². The lowest BCUT2D eigenvalue weighted by Gasteiger charge is -2.32. The van der Waals surface area contributed by atoms with Gasteiger partial charge in [0.1, 0.15) is 5.82 Å². The Morgan fingerprint density at radius 3 is 2.55 bits per heavy atom. The fraction of sp³-hybridized carbons (Fsp3) is 0.533. The number of nitrogens with one attached hydrogen (secondary N) is 2. The average Bonchev–Trinajstić information content (AvgIpc) is 2.48. The normalized spacial score (nSPS) is 16.2. The van der Waals surface area contributed by atoms with Crippen molar-refractivity contribution in [1.29, 1.82) is 0 Å². The predicted octanol–water partition coefficient (Wildman–Crippen LogP) is 2.68. The zero-order valence-corrected chi connectivity index (χ0v) is 11.9. The Bertz CT molecular complexity index is 427. The van der Waals surface area contributed by atoms with Gasteiger partial charge >= 0.3 is 6.03 Å². The van der Waals surface area contributed by atoms with Crippen molar-refractivity contribution in [2.45, 2.75) is 19.8 Å². The number of amides is 2. The van der Waals surface area contributed by atoms with Gasteiger partial charge in [-0.2, -0.15) is 0 Å². The molecule has 0 bridgehead atoms. The molecule has 1 aliphatic heterocycles. The van der Waals surface area contributed by atoms with E-state index in [1.165, 1.54) is 12.1 Å².